The van der Waals surface area contributed by atoms with Gasteiger partial charge in [0, 0.05) is 18.2 Å². The molecule has 10 heteroatoms. The number of anilines is 1. The van der Waals surface area contributed by atoms with Crippen LogP contribution in [0.4, 0.5) is 5.69 Å². The highest BCUT2D eigenvalue weighted by Gasteiger charge is 2.27. The number of benzene rings is 2. The smallest absolute Gasteiger partial charge is 0.269 e. The molecule has 0 spiro atoms. The molecule has 0 unspecified atom stereocenters. The molecular weight excluding hydrogens is 448 g/mol. The van der Waals surface area contributed by atoms with Crippen LogP contribution in [0.15, 0.2) is 70.9 Å². The number of carbonyl (C=O) groups excluding carboxylic acids is 2. The molecule has 2 amide bonds. The maximum atomic E-state index is 12.4. The van der Waals surface area contributed by atoms with Crippen molar-refractivity contribution in [1.29, 1.82) is 0 Å². The number of carbonyl (C=O) groups is 2. The second-order valence-corrected chi connectivity index (χ2v) is 10.0. The van der Waals surface area contributed by atoms with Gasteiger partial charge in [-0.05, 0) is 66.2 Å². The second kappa shape index (κ2) is 9.51. The van der Waals surface area contributed by atoms with Crippen LogP contribution in [0.1, 0.15) is 38.4 Å². The van der Waals surface area contributed by atoms with E-state index in [4.69, 9.17) is 0 Å². The normalized spacial score (nSPS) is 13.4. The summed E-state index contributed by atoms with van der Waals surface area (Å²) >= 11 is 1.38. The highest BCUT2D eigenvalue weighted by molar-refractivity contribution is 7.89. The fraction of sp³-hybridized carbons (Fsp3) is 0.182. The van der Waals surface area contributed by atoms with Gasteiger partial charge in [-0.1, -0.05) is 18.2 Å². The average Bonchev–Trinajstić information content (AvgIpc) is 3.42. The molecule has 3 aromatic rings. The van der Waals surface area contributed by atoms with Gasteiger partial charge in [0.2, 0.25) is 10.0 Å². The standard InChI is InChI=1S/C22H22N4O4S2/c27-21(16-5-3-15(4-6-16)14-23-22(28)20-2-1-13-31-20)25-24-17-9-11-19(12-10-17)32(29,30)26-18-7-8-18/h1-6,9-13,18,24,26H,7-8,14H2,(H,23,28)(H,25,27). The summed E-state index contributed by atoms with van der Waals surface area (Å²) in [5.74, 6) is -0.473. The molecule has 32 heavy (non-hydrogen) atoms. The first-order valence-electron chi connectivity index (χ1n) is 10.0. The van der Waals surface area contributed by atoms with Crippen LogP contribution in [-0.4, -0.2) is 26.3 Å². The zero-order valence-electron chi connectivity index (χ0n) is 17.0. The van der Waals surface area contributed by atoms with Crippen LogP contribution in [0.2, 0.25) is 0 Å². The van der Waals surface area contributed by atoms with Crippen LogP contribution in [0, 0.1) is 0 Å². The van der Waals surface area contributed by atoms with Crippen molar-refractivity contribution in [2.75, 3.05) is 5.43 Å². The molecule has 8 nitrogen and oxygen atoms in total. The Morgan fingerprint density at radius 3 is 2.28 bits per heavy atom. The minimum absolute atomic E-state index is 0.0424. The van der Waals surface area contributed by atoms with Gasteiger partial charge in [-0.15, -0.1) is 11.3 Å². The van der Waals surface area contributed by atoms with Crippen LogP contribution in [0.3, 0.4) is 0 Å². The van der Waals surface area contributed by atoms with Gasteiger partial charge < -0.3 is 5.32 Å². The summed E-state index contributed by atoms with van der Waals surface area (Å²) < 4.78 is 27.0. The average molecular weight is 471 g/mol. The lowest BCUT2D eigenvalue weighted by Crippen LogP contribution is -2.29. The van der Waals surface area contributed by atoms with Gasteiger partial charge in [-0.3, -0.25) is 20.4 Å². The lowest BCUT2D eigenvalue weighted by Gasteiger charge is -2.10. The van der Waals surface area contributed by atoms with Gasteiger partial charge in [0.05, 0.1) is 15.5 Å². The van der Waals surface area contributed by atoms with E-state index in [-0.39, 0.29) is 22.8 Å². The van der Waals surface area contributed by atoms with Crippen molar-refractivity contribution in [3.8, 4) is 0 Å². The monoisotopic (exact) mass is 470 g/mol. The molecule has 0 aliphatic heterocycles. The third-order valence-corrected chi connectivity index (χ3v) is 7.20. The molecule has 0 radical (unpaired) electrons. The Labute approximate surface area is 190 Å². The van der Waals surface area contributed by atoms with Crippen molar-refractivity contribution >= 4 is 38.9 Å². The van der Waals surface area contributed by atoms with Crippen LogP contribution in [-0.2, 0) is 16.6 Å². The van der Waals surface area contributed by atoms with E-state index in [9.17, 15) is 18.0 Å². The Morgan fingerprint density at radius 2 is 1.66 bits per heavy atom. The maximum absolute atomic E-state index is 12.4. The predicted octanol–water partition coefficient (Wildman–Crippen LogP) is 2.88. The van der Waals surface area contributed by atoms with Crippen molar-refractivity contribution < 1.29 is 18.0 Å². The molecule has 1 aromatic heterocycles. The largest absolute Gasteiger partial charge is 0.347 e. The van der Waals surface area contributed by atoms with Gasteiger partial charge in [0.15, 0.2) is 0 Å². The lowest BCUT2D eigenvalue weighted by molar-refractivity contribution is 0.0948. The van der Waals surface area contributed by atoms with Crippen molar-refractivity contribution in [2.24, 2.45) is 0 Å². The Hall–Kier alpha value is -3.21. The van der Waals surface area contributed by atoms with E-state index in [1.807, 2.05) is 11.4 Å². The summed E-state index contributed by atoms with van der Waals surface area (Å²) in [4.78, 5) is 25.2. The molecule has 4 rings (SSSR count). The molecule has 1 saturated carbocycles. The lowest BCUT2D eigenvalue weighted by atomic mass is 10.1. The van der Waals surface area contributed by atoms with E-state index in [0.29, 0.717) is 22.7 Å². The number of hydrazine groups is 1. The van der Waals surface area contributed by atoms with Gasteiger partial charge in [0.25, 0.3) is 11.8 Å². The summed E-state index contributed by atoms with van der Waals surface area (Å²) in [5, 5.41) is 4.68. The number of rotatable bonds is 9. The number of nitrogens with one attached hydrogen (secondary N) is 4. The molecule has 0 bridgehead atoms. The van der Waals surface area contributed by atoms with Crippen molar-refractivity contribution in [3.63, 3.8) is 0 Å². The van der Waals surface area contributed by atoms with Crippen LogP contribution in [0.25, 0.3) is 0 Å². The van der Waals surface area contributed by atoms with Crippen LogP contribution >= 0.6 is 11.3 Å². The summed E-state index contributed by atoms with van der Waals surface area (Å²) in [6.07, 6.45) is 1.74. The third kappa shape index (κ3) is 5.72. The first-order valence-corrected chi connectivity index (χ1v) is 12.4. The van der Waals surface area contributed by atoms with Crippen molar-refractivity contribution in [2.45, 2.75) is 30.3 Å². The van der Waals surface area contributed by atoms with Gasteiger partial charge in [-0.25, -0.2) is 13.1 Å². The molecule has 1 fully saturated rings. The van der Waals surface area contributed by atoms with Gasteiger partial charge in [-0.2, -0.15) is 0 Å². The number of hydrogen-bond acceptors (Lipinski definition) is 6. The Kier molecular flexibility index (Phi) is 6.54. The van der Waals surface area contributed by atoms with E-state index in [1.54, 1.807) is 42.5 Å². The van der Waals surface area contributed by atoms with E-state index in [0.717, 1.165) is 18.4 Å². The van der Waals surface area contributed by atoms with Crippen LogP contribution < -0.4 is 20.9 Å². The van der Waals surface area contributed by atoms with Crippen molar-refractivity contribution in [3.05, 3.63) is 82.0 Å². The molecule has 1 aliphatic rings. The van der Waals surface area contributed by atoms with Crippen LogP contribution in [0.5, 0.6) is 0 Å². The Balaban J connectivity index is 1.27. The highest BCUT2D eigenvalue weighted by Crippen LogP contribution is 2.22. The third-order valence-electron chi connectivity index (χ3n) is 4.80. The maximum Gasteiger partial charge on any atom is 0.269 e. The number of thiophene rings is 1. The molecule has 0 atom stereocenters. The minimum atomic E-state index is -3.51. The molecule has 1 aliphatic carbocycles. The summed E-state index contributed by atoms with van der Waals surface area (Å²) in [6, 6.07) is 16.7. The van der Waals surface area contributed by atoms with E-state index in [1.165, 1.54) is 23.5 Å². The number of amides is 2. The summed E-state index contributed by atoms with van der Waals surface area (Å²) in [5.41, 5.74) is 7.22. The first kappa shape index (κ1) is 22.0. The zero-order chi connectivity index (χ0) is 22.6. The molecule has 4 N–H and O–H groups in total. The zero-order valence-corrected chi connectivity index (χ0v) is 18.6. The quantitative estimate of drug-likeness (QED) is 0.359. The molecule has 2 aromatic carbocycles. The highest BCUT2D eigenvalue weighted by atomic mass is 32.2. The number of sulfonamides is 1. The molecule has 1 heterocycles. The molecule has 0 saturated heterocycles. The predicted molar refractivity (Wildman–Crippen MR) is 123 cm³/mol. The Bertz CT molecular complexity index is 1190. The van der Waals surface area contributed by atoms with Gasteiger partial charge in [0.1, 0.15) is 0 Å². The molecule has 166 valence electrons. The summed E-state index contributed by atoms with van der Waals surface area (Å²) in [7, 11) is -3.51. The van der Waals surface area contributed by atoms with E-state index in [2.05, 4.69) is 20.9 Å². The van der Waals surface area contributed by atoms with E-state index < -0.39 is 10.0 Å². The SMILES string of the molecule is O=C(NNc1ccc(S(=O)(=O)NC2CC2)cc1)c1ccc(CNC(=O)c2cccs2)cc1. The molecular formula is C22H22N4O4S2. The fourth-order valence-electron chi connectivity index (χ4n) is 2.86. The summed E-state index contributed by atoms with van der Waals surface area (Å²) in [6.45, 7) is 0.363. The minimum Gasteiger partial charge on any atom is -0.347 e. The van der Waals surface area contributed by atoms with Crippen molar-refractivity contribution in [1.82, 2.24) is 15.5 Å². The number of hydrogen-bond donors (Lipinski definition) is 4. The Morgan fingerprint density at radius 1 is 0.938 bits per heavy atom. The van der Waals surface area contributed by atoms with Gasteiger partial charge >= 0.3 is 0 Å². The second-order valence-electron chi connectivity index (χ2n) is 7.36. The topological polar surface area (TPSA) is 116 Å². The van der Waals surface area contributed by atoms with E-state index >= 15 is 0 Å². The fourth-order valence-corrected chi connectivity index (χ4v) is 4.80. The first-order chi connectivity index (χ1) is 15.4.